The van der Waals surface area contributed by atoms with Gasteiger partial charge >= 0.3 is 0 Å². The average Bonchev–Trinajstić information content (AvgIpc) is 3.12. The van der Waals surface area contributed by atoms with Gasteiger partial charge < -0.3 is 33.9 Å². The second-order valence-corrected chi connectivity index (χ2v) is 8.86. The number of methoxy groups -OCH3 is 4. The van der Waals surface area contributed by atoms with Crippen LogP contribution in [0.1, 0.15) is 23.6 Å². The minimum Gasteiger partial charge on any atom is -0.507 e. The largest absolute Gasteiger partial charge is 0.507 e. The molecule has 0 aromatic heterocycles. The molecule has 10 heteroatoms. The van der Waals surface area contributed by atoms with Crippen LogP contribution < -0.4 is 18.9 Å². The van der Waals surface area contributed by atoms with Crippen molar-refractivity contribution in [1.82, 2.24) is 9.80 Å². The molecule has 0 bridgehead atoms. The SMILES string of the molecule is COc1ccc(Cl)c(/C(O)=C2\C(=O)C(=O)N(CCCN(C)C)C2c2cc(OC)c(OC)c(OC)c2)c1. The van der Waals surface area contributed by atoms with E-state index in [1.807, 2.05) is 19.0 Å². The van der Waals surface area contributed by atoms with E-state index in [4.69, 9.17) is 30.5 Å². The zero-order valence-corrected chi connectivity index (χ0v) is 22.0. The third kappa shape index (κ3) is 5.22. The van der Waals surface area contributed by atoms with E-state index in [2.05, 4.69) is 0 Å². The van der Waals surface area contributed by atoms with Crippen molar-refractivity contribution >= 4 is 29.1 Å². The lowest BCUT2D eigenvalue weighted by molar-refractivity contribution is -0.139. The summed E-state index contributed by atoms with van der Waals surface area (Å²) in [6, 6.07) is 7.12. The number of likely N-dealkylation sites (tertiary alicyclic amines) is 1. The Kier molecular flexibility index (Phi) is 8.70. The number of halogens is 1. The number of carbonyl (C=O) groups is 2. The Bertz CT molecular complexity index is 1150. The molecule has 1 aliphatic rings. The molecule has 1 amide bonds. The fraction of sp³-hybridized carbons (Fsp3) is 0.385. The fourth-order valence-corrected chi connectivity index (χ4v) is 4.44. The number of benzene rings is 2. The van der Waals surface area contributed by atoms with E-state index >= 15 is 0 Å². The molecular weight excluding hydrogens is 488 g/mol. The molecule has 0 saturated carbocycles. The molecule has 1 heterocycles. The summed E-state index contributed by atoms with van der Waals surface area (Å²) in [5.74, 6) is -0.417. The second kappa shape index (κ2) is 11.5. The fourth-order valence-electron chi connectivity index (χ4n) is 4.23. The zero-order valence-electron chi connectivity index (χ0n) is 21.3. The van der Waals surface area contributed by atoms with E-state index in [9.17, 15) is 14.7 Å². The number of carbonyl (C=O) groups excluding carboxylic acids is 2. The second-order valence-electron chi connectivity index (χ2n) is 8.45. The van der Waals surface area contributed by atoms with E-state index in [1.54, 1.807) is 24.3 Å². The number of hydrogen-bond acceptors (Lipinski definition) is 8. The highest BCUT2D eigenvalue weighted by atomic mass is 35.5. The van der Waals surface area contributed by atoms with Crippen LogP contribution in [-0.4, -0.2) is 82.2 Å². The number of aliphatic hydroxyl groups excluding tert-OH is 1. The molecule has 0 aliphatic carbocycles. The van der Waals surface area contributed by atoms with Crippen LogP contribution in [0.2, 0.25) is 5.02 Å². The van der Waals surface area contributed by atoms with Gasteiger partial charge in [0.05, 0.1) is 45.1 Å². The molecule has 0 radical (unpaired) electrons. The summed E-state index contributed by atoms with van der Waals surface area (Å²) >= 11 is 6.37. The van der Waals surface area contributed by atoms with Crippen molar-refractivity contribution < 1.29 is 33.6 Å². The summed E-state index contributed by atoms with van der Waals surface area (Å²) in [7, 11) is 9.77. The molecule has 3 rings (SSSR count). The highest BCUT2D eigenvalue weighted by Gasteiger charge is 2.46. The molecule has 2 aromatic rings. The predicted octanol–water partition coefficient (Wildman–Crippen LogP) is 3.75. The Hall–Kier alpha value is -3.43. The number of ether oxygens (including phenoxy) is 4. The highest BCUT2D eigenvalue weighted by Crippen LogP contribution is 2.46. The molecule has 194 valence electrons. The highest BCUT2D eigenvalue weighted by molar-refractivity contribution is 6.47. The summed E-state index contributed by atoms with van der Waals surface area (Å²) < 4.78 is 21.7. The first-order chi connectivity index (χ1) is 17.2. The van der Waals surface area contributed by atoms with Crippen LogP contribution in [0.5, 0.6) is 23.0 Å². The van der Waals surface area contributed by atoms with Gasteiger partial charge in [-0.2, -0.15) is 0 Å². The van der Waals surface area contributed by atoms with Crippen LogP contribution in [0, 0.1) is 0 Å². The number of amides is 1. The Morgan fingerprint density at radius 2 is 1.64 bits per heavy atom. The van der Waals surface area contributed by atoms with E-state index in [0.29, 0.717) is 41.5 Å². The van der Waals surface area contributed by atoms with Gasteiger partial charge in [0.15, 0.2) is 11.5 Å². The van der Waals surface area contributed by atoms with Gasteiger partial charge in [-0.15, -0.1) is 0 Å². The van der Waals surface area contributed by atoms with Crippen LogP contribution in [0.3, 0.4) is 0 Å². The van der Waals surface area contributed by atoms with Gasteiger partial charge in [-0.25, -0.2) is 0 Å². The standard InChI is InChI=1S/C26H31ClN2O7/c1-28(2)10-7-11-29-22(15-12-19(34-4)25(36-6)20(13-15)35-5)21(24(31)26(29)32)23(30)17-14-16(33-3)8-9-18(17)27/h8-9,12-14,22,30H,7,10-11H2,1-6H3/b23-21+. The number of ketones is 1. The van der Waals surface area contributed by atoms with E-state index in [-0.39, 0.29) is 22.7 Å². The molecule has 1 atom stereocenters. The predicted molar refractivity (Wildman–Crippen MR) is 136 cm³/mol. The normalized spacial score (nSPS) is 17.0. The lowest BCUT2D eigenvalue weighted by Gasteiger charge is -2.27. The lowest BCUT2D eigenvalue weighted by atomic mass is 9.94. The van der Waals surface area contributed by atoms with Gasteiger partial charge in [0.25, 0.3) is 11.7 Å². The molecule has 2 aromatic carbocycles. The number of Topliss-reactive ketones (excluding diaryl/α,β-unsaturated/α-hetero) is 1. The maximum Gasteiger partial charge on any atom is 0.295 e. The summed E-state index contributed by atoms with van der Waals surface area (Å²) in [4.78, 5) is 30.0. The molecule has 1 N–H and O–H groups in total. The monoisotopic (exact) mass is 518 g/mol. The van der Waals surface area contributed by atoms with Crippen molar-refractivity contribution in [3.63, 3.8) is 0 Å². The van der Waals surface area contributed by atoms with E-state index < -0.39 is 23.5 Å². The number of aliphatic hydroxyl groups is 1. The van der Waals surface area contributed by atoms with Crippen LogP contribution in [-0.2, 0) is 9.59 Å². The number of hydrogen-bond donors (Lipinski definition) is 1. The Morgan fingerprint density at radius 3 is 2.17 bits per heavy atom. The molecule has 1 unspecified atom stereocenters. The first-order valence-electron chi connectivity index (χ1n) is 11.2. The van der Waals surface area contributed by atoms with Gasteiger partial charge in [0.1, 0.15) is 11.5 Å². The molecule has 1 aliphatic heterocycles. The van der Waals surface area contributed by atoms with Gasteiger partial charge in [-0.1, -0.05) is 11.6 Å². The lowest BCUT2D eigenvalue weighted by Crippen LogP contribution is -2.32. The summed E-state index contributed by atoms with van der Waals surface area (Å²) in [5, 5.41) is 11.6. The van der Waals surface area contributed by atoms with Crippen LogP contribution in [0.25, 0.3) is 5.76 Å². The van der Waals surface area contributed by atoms with Crippen molar-refractivity contribution in [2.75, 3.05) is 55.6 Å². The van der Waals surface area contributed by atoms with Crippen LogP contribution in [0.15, 0.2) is 35.9 Å². The summed E-state index contributed by atoms with van der Waals surface area (Å²) in [5.41, 5.74) is 0.600. The first kappa shape index (κ1) is 27.2. The quantitative estimate of drug-likeness (QED) is 0.288. The third-order valence-electron chi connectivity index (χ3n) is 5.98. The maximum absolute atomic E-state index is 13.3. The van der Waals surface area contributed by atoms with Crippen molar-refractivity contribution in [3.8, 4) is 23.0 Å². The molecule has 1 saturated heterocycles. The smallest absolute Gasteiger partial charge is 0.295 e. The van der Waals surface area contributed by atoms with Crippen LogP contribution in [0.4, 0.5) is 0 Å². The topological polar surface area (TPSA) is 97.8 Å². The van der Waals surface area contributed by atoms with Gasteiger partial charge in [-0.3, -0.25) is 9.59 Å². The minimum atomic E-state index is -0.914. The summed E-state index contributed by atoms with van der Waals surface area (Å²) in [6.07, 6.45) is 0.612. The Labute approximate surface area is 215 Å². The third-order valence-corrected chi connectivity index (χ3v) is 6.31. The average molecular weight is 519 g/mol. The Balaban J connectivity index is 2.26. The molecule has 9 nitrogen and oxygen atoms in total. The van der Waals surface area contributed by atoms with E-state index in [0.717, 1.165) is 0 Å². The summed E-state index contributed by atoms with van der Waals surface area (Å²) in [6.45, 7) is 0.986. The maximum atomic E-state index is 13.3. The molecular formula is C26H31ClN2O7. The Morgan fingerprint density at radius 1 is 1.00 bits per heavy atom. The van der Waals surface area contributed by atoms with Gasteiger partial charge in [-0.05, 0) is 63.0 Å². The molecule has 36 heavy (non-hydrogen) atoms. The number of rotatable bonds is 10. The van der Waals surface area contributed by atoms with Crippen LogP contribution >= 0.6 is 11.6 Å². The zero-order chi connectivity index (χ0) is 26.6. The van der Waals surface area contributed by atoms with Gasteiger partial charge in [0, 0.05) is 12.1 Å². The first-order valence-corrected chi connectivity index (χ1v) is 11.6. The van der Waals surface area contributed by atoms with Gasteiger partial charge in [0.2, 0.25) is 5.75 Å². The van der Waals surface area contributed by atoms with Crippen molar-refractivity contribution in [2.45, 2.75) is 12.5 Å². The van der Waals surface area contributed by atoms with Crippen molar-refractivity contribution in [1.29, 1.82) is 0 Å². The van der Waals surface area contributed by atoms with Crippen molar-refractivity contribution in [2.24, 2.45) is 0 Å². The minimum absolute atomic E-state index is 0.0886. The van der Waals surface area contributed by atoms with Crippen molar-refractivity contribution in [3.05, 3.63) is 52.1 Å². The van der Waals surface area contributed by atoms with E-state index in [1.165, 1.54) is 39.4 Å². The number of nitrogens with zero attached hydrogens (tertiary/aromatic N) is 2. The molecule has 1 fully saturated rings. The molecule has 0 spiro atoms.